The summed E-state index contributed by atoms with van der Waals surface area (Å²) in [6.07, 6.45) is 0.776. The molecule has 0 bridgehead atoms. The fourth-order valence-electron chi connectivity index (χ4n) is 1.49. The molecule has 0 aliphatic heterocycles. The van der Waals surface area contributed by atoms with Crippen LogP contribution in [-0.4, -0.2) is 0 Å². The molecule has 2 aromatic rings. The van der Waals surface area contributed by atoms with Gasteiger partial charge >= 0.3 is 0 Å². The first-order valence-corrected chi connectivity index (χ1v) is 4.32. The third-order valence-electron chi connectivity index (χ3n) is 2.12. The van der Waals surface area contributed by atoms with Gasteiger partial charge in [-0.1, -0.05) is 12.1 Å². The van der Waals surface area contributed by atoms with Gasteiger partial charge in [-0.3, -0.25) is 0 Å². The topological polar surface area (TPSA) is 3.88 Å². The summed E-state index contributed by atoms with van der Waals surface area (Å²) in [5, 5.41) is 1.06. The third-order valence-corrected chi connectivity index (χ3v) is 2.12. The first-order chi connectivity index (χ1) is 6.29. The van der Waals surface area contributed by atoms with E-state index < -0.39 is 6.30 Å². The van der Waals surface area contributed by atoms with E-state index in [0.29, 0.717) is 0 Å². The summed E-state index contributed by atoms with van der Waals surface area (Å²) in [5.41, 5.74) is 0.931. The molecule has 1 aromatic carbocycles. The fourth-order valence-corrected chi connectivity index (χ4v) is 1.49. The molecule has 0 aliphatic carbocycles. The maximum Gasteiger partial charge on any atom is 0.296 e. The maximum atomic E-state index is 13.1. The Morgan fingerprint density at radius 2 is 1.85 bits per heavy atom. The minimum atomic E-state index is -0.980. The van der Waals surface area contributed by atoms with Crippen LogP contribution in [0.5, 0.6) is 0 Å². The van der Waals surface area contributed by atoms with Gasteiger partial charge in [-0.15, -0.1) is 0 Å². The van der Waals surface area contributed by atoms with Gasteiger partial charge in [-0.2, -0.15) is 8.96 Å². The summed E-state index contributed by atoms with van der Waals surface area (Å²) in [7, 11) is 0. The second-order valence-electron chi connectivity index (χ2n) is 3.05. The molecule has 2 rings (SSSR count). The van der Waals surface area contributed by atoms with Crippen molar-refractivity contribution < 1.29 is 8.96 Å². The van der Waals surface area contributed by atoms with Gasteiger partial charge in [0.1, 0.15) is 0 Å². The number of halogens is 1. The number of aromatic nitrogens is 1. The number of hydrogen-bond donors (Lipinski definition) is 0. The van der Waals surface area contributed by atoms with Crippen molar-refractivity contribution >= 4 is 10.9 Å². The van der Waals surface area contributed by atoms with Crippen LogP contribution in [0.15, 0.2) is 42.6 Å². The molecule has 0 amide bonds. The van der Waals surface area contributed by atoms with E-state index in [4.69, 9.17) is 0 Å². The summed E-state index contributed by atoms with van der Waals surface area (Å²) >= 11 is 0. The molecule has 0 fully saturated rings. The van der Waals surface area contributed by atoms with Crippen LogP contribution < -0.4 is 4.57 Å². The lowest BCUT2D eigenvalue weighted by Crippen LogP contribution is -2.35. The van der Waals surface area contributed by atoms with Crippen LogP contribution >= 0.6 is 0 Å². The van der Waals surface area contributed by atoms with E-state index in [1.807, 2.05) is 36.4 Å². The molecule has 0 saturated heterocycles. The molecule has 0 radical (unpaired) electrons. The Kier molecular flexibility index (Phi) is 1.97. The van der Waals surface area contributed by atoms with Gasteiger partial charge in [0.15, 0.2) is 6.20 Å². The van der Waals surface area contributed by atoms with Crippen molar-refractivity contribution in [1.82, 2.24) is 0 Å². The predicted molar refractivity (Wildman–Crippen MR) is 50.0 cm³/mol. The van der Waals surface area contributed by atoms with Gasteiger partial charge in [0, 0.05) is 24.4 Å². The van der Waals surface area contributed by atoms with Crippen LogP contribution in [-0.2, 0) is 0 Å². The lowest BCUT2D eigenvalue weighted by atomic mass is 10.2. The monoisotopic (exact) mass is 176 g/mol. The van der Waals surface area contributed by atoms with Crippen molar-refractivity contribution in [1.29, 1.82) is 0 Å². The van der Waals surface area contributed by atoms with E-state index >= 15 is 0 Å². The molecule has 66 valence electrons. The summed E-state index contributed by atoms with van der Waals surface area (Å²) in [4.78, 5) is 0. The number of para-hydroxylation sites is 1. The van der Waals surface area contributed by atoms with Gasteiger partial charge < -0.3 is 0 Å². The quantitative estimate of drug-likeness (QED) is 0.588. The van der Waals surface area contributed by atoms with Crippen molar-refractivity contribution in [3.8, 4) is 0 Å². The lowest BCUT2D eigenvalue weighted by molar-refractivity contribution is -0.720. The zero-order valence-corrected chi connectivity index (χ0v) is 7.44. The average molecular weight is 176 g/mol. The minimum Gasteiger partial charge on any atom is -0.175 e. The Morgan fingerprint density at radius 1 is 1.15 bits per heavy atom. The summed E-state index contributed by atoms with van der Waals surface area (Å²) in [6.45, 7) is 1.53. The number of hydrogen-bond acceptors (Lipinski definition) is 0. The third kappa shape index (κ3) is 1.39. The molecule has 1 aromatic heterocycles. The molecule has 1 nitrogen and oxygen atoms in total. The summed E-state index contributed by atoms with van der Waals surface area (Å²) < 4.78 is 14.7. The number of rotatable bonds is 1. The SMILES string of the molecule is CC(F)[n+]1cccc2ccccc21. The number of fused-ring (bicyclic) bond motifs is 1. The van der Waals surface area contributed by atoms with Crippen molar-refractivity contribution in [2.45, 2.75) is 13.2 Å². The molecule has 1 heterocycles. The lowest BCUT2D eigenvalue weighted by Gasteiger charge is -2.00. The summed E-state index contributed by atoms with van der Waals surface area (Å²) in [5.74, 6) is 0. The predicted octanol–water partition coefficient (Wildman–Crippen LogP) is 2.62. The Bertz CT molecular complexity index is 418. The van der Waals surface area contributed by atoms with Gasteiger partial charge in [0.05, 0.1) is 0 Å². The molecule has 0 spiro atoms. The zero-order valence-electron chi connectivity index (χ0n) is 7.44. The normalized spacial score (nSPS) is 13.1. The van der Waals surface area contributed by atoms with Gasteiger partial charge in [-0.05, 0) is 12.1 Å². The van der Waals surface area contributed by atoms with Crippen molar-refractivity contribution in [3.63, 3.8) is 0 Å². The van der Waals surface area contributed by atoms with Crippen LogP contribution in [0, 0.1) is 0 Å². The second-order valence-corrected chi connectivity index (χ2v) is 3.05. The van der Waals surface area contributed by atoms with Gasteiger partial charge in [0.2, 0.25) is 5.52 Å². The maximum absolute atomic E-state index is 13.1. The number of pyridine rings is 1. The van der Waals surface area contributed by atoms with Gasteiger partial charge in [-0.25, -0.2) is 0 Å². The highest BCUT2D eigenvalue weighted by Gasteiger charge is 2.13. The van der Waals surface area contributed by atoms with Crippen LogP contribution in [0.25, 0.3) is 10.9 Å². The molecule has 13 heavy (non-hydrogen) atoms. The molecule has 0 N–H and O–H groups in total. The van der Waals surface area contributed by atoms with Crippen molar-refractivity contribution in [3.05, 3.63) is 42.6 Å². The van der Waals surface area contributed by atoms with Crippen LogP contribution in [0.3, 0.4) is 0 Å². The number of nitrogens with zero attached hydrogens (tertiary/aromatic N) is 1. The molecule has 1 atom stereocenters. The highest BCUT2D eigenvalue weighted by molar-refractivity contribution is 5.74. The van der Waals surface area contributed by atoms with E-state index in [2.05, 4.69) is 0 Å². The average Bonchev–Trinajstić information content (AvgIpc) is 2.17. The Labute approximate surface area is 76.4 Å². The smallest absolute Gasteiger partial charge is 0.175 e. The molecule has 1 unspecified atom stereocenters. The highest BCUT2D eigenvalue weighted by Crippen LogP contribution is 2.10. The standard InChI is InChI=1S/C11H11FN/c1-9(12)13-8-4-6-10-5-2-3-7-11(10)13/h2-9H,1H3/q+1. The van der Waals surface area contributed by atoms with Gasteiger partial charge in [0.25, 0.3) is 6.30 Å². The Hall–Kier alpha value is -1.44. The highest BCUT2D eigenvalue weighted by atomic mass is 19.1. The van der Waals surface area contributed by atoms with E-state index in [-0.39, 0.29) is 0 Å². The molecular formula is C11H11FN+. The van der Waals surface area contributed by atoms with E-state index in [9.17, 15) is 4.39 Å². The number of alkyl halides is 1. The van der Waals surface area contributed by atoms with E-state index in [1.54, 1.807) is 10.8 Å². The fraction of sp³-hybridized carbons (Fsp3) is 0.182. The molecule has 0 aliphatic rings. The zero-order chi connectivity index (χ0) is 9.26. The molecular weight excluding hydrogens is 165 g/mol. The molecule has 2 heteroatoms. The Balaban J connectivity index is 2.76. The second kappa shape index (κ2) is 3.13. The van der Waals surface area contributed by atoms with E-state index in [0.717, 1.165) is 10.9 Å². The first kappa shape index (κ1) is 8.17. The van der Waals surface area contributed by atoms with Crippen molar-refractivity contribution in [2.24, 2.45) is 0 Å². The van der Waals surface area contributed by atoms with E-state index in [1.165, 1.54) is 6.92 Å². The Morgan fingerprint density at radius 3 is 2.62 bits per heavy atom. The van der Waals surface area contributed by atoms with Crippen LogP contribution in [0.1, 0.15) is 13.2 Å². The van der Waals surface area contributed by atoms with Crippen molar-refractivity contribution in [2.75, 3.05) is 0 Å². The first-order valence-electron chi connectivity index (χ1n) is 4.32. The number of benzene rings is 1. The van der Waals surface area contributed by atoms with Crippen LogP contribution in [0.4, 0.5) is 4.39 Å². The molecule has 0 saturated carbocycles. The minimum absolute atomic E-state index is 0.931. The largest absolute Gasteiger partial charge is 0.296 e. The summed E-state index contributed by atoms with van der Waals surface area (Å²) in [6, 6.07) is 11.6. The van der Waals surface area contributed by atoms with Crippen LogP contribution in [0.2, 0.25) is 0 Å².